The Morgan fingerprint density at radius 1 is 1.35 bits per heavy atom. The van der Waals surface area contributed by atoms with Gasteiger partial charge in [-0.1, -0.05) is 6.92 Å². The lowest BCUT2D eigenvalue weighted by Gasteiger charge is -2.06. The molecular weight excluding hydrogens is 335 g/mol. The number of ether oxygens (including phenoxy) is 2. The molecule has 1 aromatic heterocycles. The first kappa shape index (κ1) is 14.6. The number of H-pyrrole nitrogens is 1. The summed E-state index contributed by atoms with van der Waals surface area (Å²) >= 11 is 2.02. The van der Waals surface area contributed by atoms with E-state index in [-0.39, 0.29) is 5.56 Å². The summed E-state index contributed by atoms with van der Waals surface area (Å²) in [6.45, 7) is 3.67. The fourth-order valence-corrected chi connectivity index (χ4v) is 1.96. The number of rotatable bonds is 7. The van der Waals surface area contributed by atoms with E-state index in [0.29, 0.717) is 35.6 Å². The molecule has 0 aliphatic carbocycles. The van der Waals surface area contributed by atoms with Crippen molar-refractivity contribution in [3.63, 3.8) is 0 Å². The maximum atomic E-state index is 11.6. The molecule has 0 bridgehead atoms. The van der Waals surface area contributed by atoms with E-state index in [1.807, 2.05) is 29.5 Å². The molecule has 0 unspecified atom stereocenters. The smallest absolute Gasteiger partial charge is 0.264 e. The van der Waals surface area contributed by atoms with Crippen LogP contribution in [0.5, 0.6) is 0 Å². The topological polar surface area (TPSA) is 64.2 Å². The fourth-order valence-electron chi connectivity index (χ4n) is 1.32. The largest absolute Gasteiger partial charge is 0.382 e. The highest BCUT2D eigenvalue weighted by molar-refractivity contribution is 14.1. The number of halogens is 1. The minimum Gasteiger partial charge on any atom is -0.382 e. The summed E-state index contributed by atoms with van der Waals surface area (Å²) < 4.78 is 10.9. The minimum absolute atomic E-state index is 0.0654. The third-order valence-electron chi connectivity index (χ3n) is 2.23. The van der Waals surface area contributed by atoms with Gasteiger partial charge in [-0.05, 0) is 29.0 Å². The van der Waals surface area contributed by atoms with Gasteiger partial charge in [0, 0.05) is 13.5 Å². The second kappa shape index (κ2) is 7.78. The van der Waals surface area contributed by atoms with Gasteiger partial charge in [0.1, 0.15) is 5.82 Å². The number of aromatic nitrogens is 2. The first-order chi connectivity index (χ1) is 8.19. The molecule has 0 amide bonds. The van der Waals surface area contributed by atoms with E-state index in [1.54, 1.807) is 7.11 Å². The molecule has 0 aliphatic rings. The summed E-state index contributed by atoms with van der Waals surface area (Å²) in [6.07, 6.45) is 1.38. The Bertz CT molecular complexity index is 406. The van der Waals surface area contributed by atoms with Crippen LogP contribution in [0, 0.1) is 3.57 Å². The maximum Gasteiger partial charge on any atom is 0.264 e. The monoisotopic (exact) mass is 352 g/mol. The molecule has 0 radical (unpaired) electrons. The van der Waals surface area contributed by atoms with Crippen LogP contribution < -0.4 is 5.56 Å². The predicted molar refractivity (Wildman–Crippen MR) is 73.4 cm³/mol. The number of nitrogens with one attached hydrogen (secondary N) is 1. The lowest BCUT2D eigenvalue weighted by molar-refractivity contribution is 0.0716. The lowest BCUT2D eigenvalue weighted by Crippen LogP contribution is -2.19. The molecule has 1 aromatic rings. The van der Waals surface area contributed by atoms with E-state index in [2.05, 4.69) is 9.97 Å². The summed E-state index contributed by atoms with van der Waals surface area (Å²) in [5, 5.41) is 0. The molecule has 0 spiro atoms. The normalized spacial score (nSPS) is 10.8. The number of methoxy groups -OCH3 is 1. The maximum absolute atomic E-state index is 11.6. The van der Waals surface area contributed by atoms with Crippen LogP contribution in [0.2, 0.25) is 0 Å². The quantitative estimate of drug-likeness (QED) is 0.591. The molecule has 0 aliphatic heterocycles. The van der Waals surface area contributed by atoms with E-state index in [1.165, 1.54) is 0 Å². The predicted octanol–water partition coefficient (Wildman–Crippen LogP) is 1.14. The van der Waals surface area contributed by atoms with Gasteiger partial charge in [0.2, 0.25) is 0 Å². The number of hydrogen-bond acceptors (Lipinski definition) is 4. The number of aromatic amines is 1. The Morgan fingerprint density at radius 2 is 2.12 bits per heavy atom. The molecule has 1 N–H and O–H groups in total. The van der Waals surface area contributed by atoms with Crippen LogP contribution in [-0.4, -0.2) is 36.9 Å². The van der Waals surface area contributed by atoms with Crippen LogP contribution in [-0.2, 0) is 22.3 Å². The van der Waals surface area contributed by atoms with Crippen molar-refractivity contribution >= 4 is 22.6 Å². The lowest BCUT2D eigenvalue weighted by atomic mass is 10.3. The third kappa shape index (κ3) is 4.72. The van der Waals surface area contributed by atoms with Crippen molar-refractivity contribution in [1.82, 2.24) is 9.97 Å². The number of hydrogen-bond donors (Lipinski definition) is 1. The molecule has 96 valence electrons. The van der Waals surface area contributed by atoms with Crippen molar-refractivity contribution in [3.8, 4) is 0 Å². The van der Waals surface area contributed by atoms with Gasteiger partial charge < -0.3 is 14.5 Å². The second-order valence-corrected chi connectivity index (χ2v) is 4.56. The van der Waals surface area contributed by atoms with Crippen molar-refractivity contribution in [2.24, 2.45) is 0 Å². The van der Waals surface area contributed by atoms with Gasteiger partial charge in [-0.3, -0.25) is 4.79 Å². The van der Waals surface area contributed by atoms with Crippen LogP contribution >= 0.6 is 22.6 Å². The van der Waals surface area contributed by atoms with E-state index in [4.69, 9.17) is 9.47 Å². The Hall–Kier alpha value is -0.470. The highest BCUT2D eigenvalue weighted by Gasteiger charge is 2.06. The first-order valence-electron chi connectivity index (χ1n) is 5.53. The first-order valence-corrected chi connectivity index (χ1v) is 6.61. The van der Waals surface area contributed by atoms with E-state index < -0.39 is 0 Å². The SMILES string of the molecule is CCc1nc(CCOCCOC)[nH]c(=O)c1I. The molecule has 5 nitrogen and oxygen atoms in total. The fraction of sp³-hybridized carbons (Fsp3) is 0.636. The van der Waals surface area contributed by atoms with Crippen LogP contribution in [0.3, 0.4) is 0 Å². The van der Waals surface area contributed by atoms with Crippen molar-refractivity contribution in [1.29, 1.82) is 0 Å². The summed E-state index contributed by atoms with van der Waals surface area (Å²) in [4.78, 5) is 18.7. The number of nitrogens with zero attached hydrogens (tertiary/aromatic N) is 1. The molecule has 6 heteroatoms. The number of aryl methyl sites for hydroxylation is 1. The standard InChI is InChI=1S/C11H17IN2O3/c1-3-8-10(12)11(15)14-9(13-8)4-5-17-7-6-16-2/h3-7H2,1-2H3,(H,13,14,15). The second-order valence-electron chi connectivity index (χ2n) is 3.48. The van der Waals surface area contributed by atoms with E-state index >= 15 is 0 Å². The van der Waals surface area contributed by atoms with Crippen LogP contribution in [0.4, 0.5) is 0 Å². The van der Waals surface area contributed by atoms with Crippen LogP contribution in [0.15, 0.2) is 4.79 Å². The molecule has 0 fully saturated rings. The molecule has 0 aromatic carbocycles. The van der Waals surface area contributed by atoms with Crippen molar-refractivity contribution < 1.29 is 9.47 Å². The molecule has 0 saturated carbocycles. The molecular formula is C11H17IN2O3. The Balaban J connectivity index is 2.54. The summed E-state index contributed by atoms with van der Waals surface area (Å²) in [5.74, 6) is 0.685. The molecule has 0 atom stereocenters. The van der Waals surface area contributed by atoms with Gasteiger partial charge in [0.15, 0.2) is 0 Å². The Kier molecular flexibility index (Phi) is 6.68. The van der Waals surface area contributed by atoms with Gasteiger partial charge in [0.05, 0.1) is 29.1 Å². The minimum atomic E-state index is -0.0654. The Morgan fingerprint density at radius 3 is 2.76 bits per heavy atom. The Labute approximate surface area is 114 Å². The molecule has 1 heterocycles. The van der Waals surface area contributed by atoms with E-state index in [9.17, 15) is 4.79 Å². The van der Waals surface area contributed by atoms with Gasteiger partial charge in [0.25, 0.3) is 5.56 Å². The zero-order valence-corrected chi connectivity index (χ0v) is 12.2. The third-order valence-corrected chi connectivity index (χ3v) is 3.34. The zero-order valence-electron chi connectivity index (χ0n) is 10.1. The van der Waals surface area contributed by atoms with Crippen LogP contribution in [0.1, 0.15) is 18.4 Å². The zero-order chi connectivity index (χ0) is 12.7. The summed E-state index contributed by atoms with van der Waals surface area (Å²) in [7, 11) is 1.63. The van der Waals surface area contributed by atoms with Gasteiger partial charge in [-0.15, -0.1) is 0 Å². The van der Waals surface area contributed by atoms with Crippen molar-refractivity contribution in [2.75, 3.05) is 26.9 Å². The highest BCUT2D eigenvalue weighted by Crippen LogP contribution is 2.05. The summed E-state index contributed by atoms with van der Waals surface area (Å²) in [6, 6.07) is 0. The molecule has 17 heavy (non-hydrogen) atoms. The molecule has 1 rings (SSSR count). The van der Waals surface area contributed by atoms with Gasteiger partial charge >= 0.3 is 0 Å². The highest BCUT2D eigenvalue weighted by atomic mass is 127. The van der Waals surface area contributed by atoms with Crippen LogP contribution in [0.25, 0.3) is 0 Å². The van der Waals surface area contributed by atoms with Crippen molar-refractivity contribution in [2.45, 2.75) is 19.8 Å². The van der Waals surface area contributed by atoms with Gasteiger partial charge in [-0.2, -0.15) is 0 Å². The van der Waals surface area contributed by atoms with Gasteiger partial charge in [-0.25, -0.2) is 4.98 Å². The van der Waals surface area contributed by atoms with E-state index in [0.717, 1.165) is 12.1 Å². The van der Waals surface area contributed by atoms with Crippen molar-refractivity contribution in [3.05, 3.63) is 25.4 Å². The average Bonchev–Trinajstić information content (AvgIpc) is 2.33. The molecule has 0 saturated heterocycles. The summed E-state index contributed by atoms with van der Waals surface area (Å²) in [5.41, 5.74) is 0.783. The average molecular weight is 352 g/mol.